The quantitative estimate of drug-likeness (QED) is 0.245. The van der Waals surface area contributed by atoms with Gasteiger partial charge in [-0.05, 0) is 60.2 Å². The molecule has 8 heteroatoms. The molecule has 0 fully saturated rings. The first-order valence-corrected chi connectivity index (χ1v) is 9.17. The van der Waals surface area contributed by atoms with E-state index in [4.69, 9.17) is 19.3 Å². The summed E-state index contributed by atoms with van der Waals surface area (Å²) in [5.74, 6) is -0.527. The van der Waals surface area contributed by atoms with E-state index in [-0.39, 0.29) is 11.3 Å². The second kappa shape index (κ2) is 9.93. The number of esters is 1. The Morgan fingerprint density at radius 1 is 0.903 bits per heavy atom. The molecule has 0 atom stereocenters. The van der Waals surface area contributed by atoms with Crippen LogP contribution in [-0.4, -0.2) is 37.5 Å². The molecule has 31 heavy (non-hydrogen) atoms. The van der Waals surface area contributed by atoms with Gasteiger partial charge in [0.25, 0.3) is 0 Å². The molecular formula is C23H20N2O6. The molecule has 0 heterocycles. The number of nitrogens with zero attached hydrogens (tertiary/aromatic N) is 1. The average Bonchev–Trinajstić information content (AvgIpc) is 2.80. The third kappa shape index (κ3) is 5.39. The average molecular weight is 420 g/mol. The number of hydrogen-bond acceptors (Lipinski definition) is 7. The highest BCUT2D eigenvalue weighted by atomic mass is 16.6. The van der Waals surface area contributed by atoms with Gasteiger partial charge < -0.3 is 19.3 Å². The molecule has 2 N–H and O–H groups in total. The molecular weight excluding hydrogens is 400 g/mol. The number of carboxylic acid groups (broad SMARTS) is 1. The first-order chi connectivity index (χ1) is 15.0. The lowest BCUT2D eigenvalue weighted by molar-refractivity contribution is 0.0693. The van der Waals surface area contributed by atoms with Crippen molar-refractivity contribution >= 4 is 23.8 Å². The summed E-state index contributed by atoms with van der Waals surface area (Å²) < 4.78 is 16.0. The number of hydrogen-bond donors (Lipinski definition) is 2. The molecule has 0 amide bonds. The lowest BCUT2D eigenvalue weighted by Gasteiger charge is -2.11. The van der Waals surface area contributed by atoms with Crippen molar-refractivity contribution in [3.8, 4) is 17.2 Å². The molecule has 0 spiro atoms. The smallest absolute Gasteiger partial charge is 0.347 e. The van der Waals surface area contributed by atoms with E-state index in [2.05, 4.69) is 10.5 Å². The summed E-state index contributed by atoms with van der Waals surface area (Å²) in [4.78, 5) is 23.4. The number of carbonyl (C=O) groups excluding carboxylic acids is 1. The van der Waals surface area contributed by atoms with Crippen LogP contribution in [0, 0.1) is 0 Å². The van der Waals surface area contributed by atoms with Gasteiger partial charge in [0, 0.05) is 0 Å². The minimum atomic E-state index is -0.992. The Hall–Kier alpha value is -4.33. The third-order valence-corrected chi connectivity index (χ3v) is 4.26. The van der Waals surface area contributed by atoms with Gasteiger partial charge in [-0.25, -0.2) is 9.59 Å². The molecule has 3 aromatic rings. The van der Waals surface area contributed by atoms with E-state index in [0.717, 1.165) is 0 Å². The van der Waals surface area contributed by atoms with Crippen LogP contribution in [0.2, 0.25) is 0 Å². The van der Waals surface area contributed by atoms with Crippen molar-refractivity contribution in [1.29, 1.82) is 0 Å². The van der Waals surface area contributed by atoms with E-state index in [0.29, 0.717) is 28.3 Å². The Morgan fingerprint density at radius 2 is 1.61 bits per heavy atom. The molecule has 0 radical (unpaired) electrons. The number of anilines is 1. The summed E-state index contributed by atoms with van der Waals surface area (Å²) in [6.45, 7) is 0. The maximum absolute atomic E-state index is 12.5. The minimum absolute atomic E-state index is 0.192. The fourth-order valence-electron chi connectivity index (χ4n) is 2.69. The van der Waals surface area contributed by atoms with Gasteiger partial charge in [-0.1, -0.05) is 12.1 Å². The largest absolute Gasteiger partial charge is 0.496 e. The van der Waals surface area contributed by atoms with Crippen LogP contribution in [0.25, 0.3) is 0 Å². The van der Waals surface area contributed by atoms with Crippen molar-refractivity contribution in [3.63, 3.8) is 0 Å². The topological polar surface area (TPSA) is 106 Å². The number of carboxylic acids is 1. The van der Waals surface area contributed by atoms with Crippen molar-refractivity contribution < 1.29 is 28.9 Å². The Bertz CT molecular complexity index is 1110. The summed E-state index contributed by atoms with van der Waals surface area (Å²) in [5, 5.41) is 13.0. The number of nitrogens with one attached hydrogen (secondary N) is 1. The van der Waals surface area contributed by atoms with E-state index in [1.165, 1.54) is 26.4 Å². The number of benzene rings is 3. The van der Waals surface area contributed by atoms with Crippen LogP contribution in [0.15, 0.2) is 71.8 Å². The van der Waals surface area contributed by atoms with Gasteiger partial charge in [0.1, 0.15) is 11.3 Å². The van der Waals surface area contributed by atoms with E-state index < -0.39 is 11.9 Å². The van der Waals surface area contributed by atoms with Crippen LogP contribution in [0.1, 0.15) is 26.3 Å². The normalized spacial score (nSPS) is 10.5. The molecule has 8 nitrogen and oxygen atoms in total. The number of para-hydroxylation sites is 1. The summed E-state index contributed by atoms with van der Waals surface area (Å²) in [6.07, 6.45) is 1.56. The van der Waals surface area contributed by atoms with Gasteiger partial charge in [0.2, 0.25) is 0 Å². The van der Waals surface area contributed by atoms with Crippen LogP contribution >= 0.6 is 0 Å². The van der Waals surface area contributed by atoms with Crippen molar-refractivity contribution in [2.24, 2.45) is 5.10 Å². The van der Waals surface area contributed by atoms with Crippen molar-refractivity contribution in [2.75, 3.05) is 19.6 Å². The Labute approximate surface area is 178 Å². The molecule has 0 saturated carbocycles. The second-order valence-electron chi connectivity index (χ2n) is 6.25. The van der Waals surface area contributed by atoms with Crippen LogP contribution in [0.5, 0.6) is 17.2 Å². The monoisotopic (exact) mass is 420 g/mol. The van der Waals surface area contributed by atoms with Gasteiger partial charge in [-0.3, -0.25) is 5.43 Å². The standard InChI is InChI=1S/C23H20N2O6/c1-29-19-6-4-3-5-18(19)23(28)31-20-12-7-15(13-21(20)30-2)14-24-25-17-10-8-16(9-11-17)22(26)27/h3-14,25H,1-2H3,(H,26,27)/b24-14-. The van der Waals surface area contributed by atoms with Gasteiger partial charge >= 0.3 is 11.9 Å². The van der Waals surface area contributed by atoms with Crippen LogP contribution in [-0.2, 0) is 0 Å². The number of carbonyl (C=O) groups is 2. The van der Waals surface area contributed by atoms with Gasteiger partial charge in [0.15, 0.2) is 11.5 Å². The zero-order chi connectivity index (χ0) is 22.2. The first-order valence-electron chi connectivity index (χ1n) is 9.17. The van der Waals surface area contributed by atoms with Crippen molar-refractivity contribution in [3.05, 3.63) is 83.4 Å². The lowest BCUT2D eigenvalue weighted by atomic mass is 10.2. The first kappa shape index (κ1) is 21.4. The maximum Gasteiger partial charge on any atom is 0.347 e. The molecule has 0 aromatic heterocycles. The van der Waals surface area contributed by atoms with E-state index >= 15 is 0 Å². The summed E-state index contributed by atoms with van der Waals surface area (Å²) in [5.41, 5.74) is 4.64. The van der Waals surface area contributed by atoms with Crippen LogP contribution < -0.4 is 19.6 Å². The molecule has 0 aliphatic rings. The highest BCUT2D eigenvalue weighted by Gasteiger charge is 2.16. The molecule has 158 valence electrons. The predicted octanol–water partition coefficient (Wildman–Crippen LogP) is 4.07. The highest BCUT2D eigenvalue weighted by molar-refractivity contribution is 5.94. The van der Waals surface area contributed by atoms with Crippen molar-refractivity contribution in [2.45, 2.75) is 0 Å². The fraction of sp³-hybridized carbons (Fsp3) is 0.0870. The van der Waals surface area contributed by atoms with E-state index in [1.54, 1.807) is 60.8 Å². The zero-order valence-electron chi connectivity index (χ0n) is 16.9. The number of aromatic carboxylic acids is 1. The molecule has 3 rings (SSSR count). The number of ether oxygens (including phenoxy) is 3. The SMILES string of the molecule is COc1cc(/C=N\Nc2ccc(C(=O)O)cc2)ccc1OC(=O)c1ccccc1OC. The van der Waals surface area contributed by atoms with Gasteiger partial charge in [-0.2, -0.15) is 5.10 Å². The Morgan fingerprint density at radius 3 is 2.29 bits per heavy atom. The molecule has 0 aliphatic heterocycles. The maximum atomic E-state index is 12.5. The number of hydrazone groups is 1. The van der Waals surface area contributed by atoms with Gasteiger partial charge in [-0.15, -0.1) is 0 Å². The second-order valence-corrected chi connectivity index (χ2v) is 6.25. The Kier molecular flexibility index (Phi) is 6.85. The Balaban J connectivity index is 1.70. The molecule has 0 unspecified atom stereocenters. The van der Waals surface area contributed by atoms with Crippen molar-refractivity contribution in [1.82, 2.24) is 0 Å². The predicted molar refractivity (Wildman–Crippen MR) is 116 cm³/mol. The molecule has 0 bridgehead atoms. The summed E-state index contributed by atoms with van der Waals surface area (Å²) in [6, 6.07) is 18.0. The van der Waals surface area contributed by atoms with E-state index in [9.17, 15) is 9.59 Å². The zero-order valence-corrected chi connectivity index (χ0v) is 16.9. The van der Waals surface area contributed by atoms with Gasteiger partial charge in [0.05, 0.1) is 31.7 Å². The molecule has 3 aromatic carbocycles. The third-order valence-electron chi connectivity index (χ3n) is 4.26. The minimum Gasteiger partial charge on any atom is -0.496 e. The van der Waals surface area contributed by atoms with E-state index in [1.807, 2.05) is 0 Å². The highest BCUT2D eigenvalue weighted by Crippen LogP contribution is 2.29. The fourth-order valence-corrected chi connectivity index (χ4v) is 2.69. The molecule has 0 aliphatic carbocycles. The summed E-state index contributed by atoms with van der Waals surface area (Å²) >= 11 is 0. The number of rotatable bonds is 8. The van der Waals surface area contributed by atoms with Crippen LogP contribution in [0.4, 0.5) is 5.69 Å². The van der Waals surface area contributed by atoms with Crippen LogP contribution in [0.3, 0.4) is 0 Å². The lowest BCUT2D eigenvalue weighted by Crippen LogP contribution is -2.10. The number of methoxy groups -OCH3 is 2. The molecule has 0 saturated heterocycles. The summed E-state index contributed by atoms with van der Waals surface area (Å²) in [7, 11) is 2.95.